The number of carbonyl (C=O) groups is 1. The van der Waals surface area contributed by atoms with Crippen molar-refractivity contribution in [1.82, 2.24) is 15.5 Å². The molecule has 0 radical (unpaired) electrons. The number of piperidine rings is 1. The van der Waals surface area contributed by atoms with Crippen LogP contribution in [0, 0.1) is 0 Å². The molecule has 0 aromatic heterocycles. The molecule has 1 aromatic rings. The summed E-state index contributed by atoms with van der Waals surface area (Å²) in [5, 5.41) is 7.41. The van der Waals surface area contributed by atoms with Gasteiger partial charge in [-0.15, -0.1) is 24.0 Å². The summed E-state index contributed by atoms with van der Waals surface area (Å²) in [6.45, 7) is 4.14. The summed E-state index contributed by atoms with van der Waals surface area (Å²) < 4.78 is 10.6. The van der Waals surface area contributed by atoms with Gasteiger partial charge < -0.3 is 25.0 Å². The highest BCUT2D eigenvalue weighted by Crippen LogP contribution is 2.19. The van der Waals surface area contributed by atoms with E-state index in [-0.39, 0.29) is 42.2 Å². The van der Waals surface area contributed by atoms with Crippen LogP contribution in [0.3, 0.4) is 0 Å². The molecule has 9 heteroatoms. The molecule has 1 heterocycles. The summed E-state index contributed by atoms with van der Waals surface area (Å²) in [5.41, 5.74) is 1.01. The van der Waals surface area contributed by atoms with Crippen LogP contribution >= 0.6 is 35.6 Å². The molecule has 0 aliphatic carbocycles. The Balaban J connectivity index is 0.00000392. The van der Waals surface area contributed by atoms with Gasteiger partial charge in [-0.3, -0.25) is 4.99 Å². The first-order valence-corrected chi connectivity index (χ1v) is 9.62. The number of nitrogens with zero attached hydrogens (tertiary/aromatic N) is 2. The molecule has 1 amide bonds. The number of nitrogens with one attached hydrogen (secondary N) is 2. The molecule has 7 nitrogen and oxygen atoms in total. The topological polar surface area (TPSA) is 75.2 Å². The third-order valence-electron chi connectivity index (χ3n) is 4.55. The lowest BCUT2D eigenvalue weighted by Crippen LogP contribution is -2.50. The van der Waals surface area contributed by atoms with Crippen molar-refractivity contribution in [3.05, 3.63) is 34.9 Å². The van der Waals surface area contributed by atoms with Crippen molar-refractivity contribution in [2.75, 3.05) is 40.4 Å². The minimum atomic E-state index is -0.233. The summed E-state index contributed by atoms with van der Waals surface area (Å²) in [6, 6.07) is 7.90. The highest BCUT2D eigenvalue weighted by Gasteiger charge is 2.24. The van der Waals surface area contributed by atoms with Gasteiger partial charge in [0.15, 0.2) is 5.96 Å². The average Bonchev–Trinajstić information content (AvgIpc) is 2.68. The van der Waals surface area contributed by atoms with Gasteiger partial charge in [0.1, 0.15) is 0 Å². The number of methoxy groups -OCH3 is 1. The quantitative estimate of drug-likeness (QED) is 0.339. The van der Waals surface area contributed by atoms with E-state index in [1.54, 1.807) is 19.1 Å². The smallest absolute Gasteiger partial charge is 0.409 e. The van der Waals surface area contributed by atoms with Gasteiger partial charge in [-0.25, -0.2) is 4.79 Å². The van der Waals surface area contributed by atoms with E-state index in [2.05, 4.69) is 15.6 Å². The van der Waals surface area contributed by atoms with Crippen LogP contribution in [0.15, 0.2) is 29.3 Å². The van der Waals surface area contributed by atoms with Gasteiger partial charge in [-0.2, -0.15) is 0 Å². The molecule has 1 fully saturated rings. The molecule has 1 unspecified atom stereocenters. The first-order valence-electron chi connectivity index (χ1n) is 9.24. The van der Waals surface area contributed by atoms with Crippen LogP contribution in [0.5, 0.6) is 0 Å². The fourth-order valence-electron chi connectivity index (χ4n) is 3.04. The number of ether oxygens (including phenoxy) is 2. The number of halogens is 2. The first-order chi connectivity index (χ1) is 13.1. The Morgan fingerprint density at radius 2 is 2.11 bits per heavy atom. The number of rotatable bonds is 6. The van der Waals surface area contributed by atoms with Crippen molar-refractivity contribution in [1.29, 1.82) is 0 Å². The van der Waals surface area contributed by atoms with Gasteiger partial charge >= 0.3 is 6.09 Å². The Bertz CT molecular complexity index is 639. The highest BCUT2D eigenvalue weighted by atomic mass is 127. The lowest BCUT2D eigenvalue weighted by atomic mass is 10.1. The van der Waals surface area contributed by atoms with E-state index < -0.39 is 0 Å². The van der Waals surface area contributed by atoms with Crippen molar-refractivity contribution in [3.63, 3.8) is 0 Å². The molecule has 2 rings (SSSR count). The van der Waals surface area contributed by atoms with Crippen molar-refractivity contribution in [2.45, 2.75) is 31.9 Å². The van der Waals surface area contributed by atoms with Gasteiger partial charge in [0.2, 0.25) is 0 Å². The summed E-state index contributed by atoms with van der Waals surface area (Å²) in [7, 11) is 3.42. The van der Waals surface area contributed by atoms with Crippen molar-refractivity contribution < 1.29 is 14.3 Å². The predicted octanol–water partition coefficient (Wildman–Crippen LogP) is 3.43. The molecule has 0 saturated carbocycles. The number of hydrogen-bond acceptors (Lipinski definition) is 4. The Kier molecular flexibility index (Phi) is 11.6. The van der Waals surface area contributed by atoms with Gasteiger partial charge in [-0.1, -0.05) is 23.7 Å². The fourth-order valence-corrected chi connectivity index (χ4v) is 3.24. The maximum Gasteiger partial charge on any atom is 0.409 e. The van der Waals surface area contributed by atoms with Crippen LogP contribution < -0.4 is 10.6 Å². The maximum absolute atomic E-state index is 11.8. The number of hydrogen-bond donors (Lipinski definition) is 2. The van der Waals surface area contributed by atoms with Gasteiger partial charge in [0, 0.05) is 44.9 Å². The molecule has 2 N–H and O–H groups in total. The molecule has 1 saturated heterocycles. The molecular formula is C19H30ClIN4O3. The van der Waals surface area contributed by atoms with Crippen molar-refractivity contribution in [3.8, 4) is 0 Å². The van der Waals surface area contributed by atoms with Crippen LogP contribution in [0.2, 0.25) is 5.02 Å². The summed E-state index contributed by atoms with van der Waals surface area (Å²) >= 11 is 6.07. The standard InChI is InChI=1S/C19H29ClN4O3.HI/c1-4-27-19(25)24-10-8-16(9-11-24)23-18(21-2)22-13-17(26-3)14-6-5-7-15(20)12-14;/h5-7,12,16-17H,4,8-11,13H2,1-3H3,(H2,21,22,23);1H. The lowest BCUT2D eigenvalue weighted by Gasteiger charge is -2.32. The van der Waals surface area contributed by atoms with Crippen LogP contribution in [0.4, 0.5) is 4.79 Å². The van der Waals surface area contributed by atoms with E-state index in [0.717, 1.165) is 18.4 Å². The van der Waals surface area contributed by atoms with E-state index in [1.165, 1.54) is 0 Å². The van der Waals surface area contributed by atoms with Crippen LogP contribution in [0.1, 0.15) is 31.4 Å². The second-order valence-corrected chi connectivity index (χ2v) is 6.77. The lowest BCUT2D eigenvalue weighted by molar-refractivity contribution is 0.0960. The van der Waals surface area contributed by atoms with Crippen LogP contribution in [-0.4, -0.2) is 63.4 Å². The number of likely N-dealkylation sites (tertiary alicyclic amines) is 1. The molecule has 1 atom stereocenters. The monoisotopic (exact) mass is 524 g/mol. The Morgan fingerprint density at radius 3 is 2.68 bits per heavy atom. The van der Waals surface area contributed by atoms with E-state index in [0.29, 0.717) is 37.2 Å². The Morgan fingerprint density at radius 1 is 1.39 bits per heavy atom. The van der Waals surface area contributed by atoms with Crippen LogP contribution in [-0.2, 0) is 9.47 Å². The Hall–Kier alpha value is -1.26. The zero-order chi connectivity index (χ0) is 19.6. The van der Waals surface area contributed by atoms with Crippen LogP contribution in [0.25, 0.3) is 0 Å². The Labute approximate surface area is 189 Å². The number of carbonyl (C=O) groups excluding carboxylic acids is 1. The average molecular weight is 525 g/mol. The number of aliphatic imine (C=N–C) groups is 1. The summed E-state index contributed by atoms with van der Waals surface area (Å²) in [6.07, 6.45) is 1.33. The number of benzene rings is 1. The summed E-state index contributed by atoms with van der Waals surface area (Å²) in [5.74, 6) is 0.716. The third kappa shape index (κ3) is 7.63. The predicted molar refractivity (Wildman–Crippen MR) is 123 cm³/mol. The van der Waals surface area contributed by atoms with Gasteiger partial charge in [0.25, 0.3) is 0 Å². The van der Waals surface area contributed by atoms with E-state index in [4.69, 9.17) is 21.1 Å². The summed E-state index contributed by atoms with van der Waals surface area (Å²) in [4.78, 5) is 17.8. The molecule has 0 bridgehead atoms. The number of guanidine groups is 1. The number of amides is 1. The SMILES string of the molecule is CCOC(=O)N1CCC(NC(=NC)NCC(OC)c2cccc(Cl)c2)CC1.I. The normalized spacial score (nSPS) is 16.1. The minimum absolute atomic E-state index is 0. The first kappa shape index (κ1) is 24.8. The van der Waals surface area contributed by atoms with Gasteiger partial charge in [-0.05, 0) is 37.5 Å². The zero-order valence-corrected chi connectivity index (χ0v) is 19.7. The molecular weight excluding hydrogens is 495 g/mol. The highest BCUT2D eigenvalue weighted by molar-refractivity contribution is 14.0. The molecule has 1 aliphatic heterocycles. The molecule has 1 aliphatic rings. The van der Waals surface area contributed by atoms with E-state index >= 15 is 0 Å². The fraction of sp³-hybridized carbons (Fsp3) is 0.579. The van der Waals surface area contributed by atoms with Crippen molar-refractivity contribution >= 4 is 47.6 Å². The molecule has 0 spiro atoms. The maximum atomic E-state index is 11.8. The zero-order valence-electron chi connectivity index (χ0n) is 16.6. The molecule has 28 heavy (non-hydrogen) atoms. The molecule has 1 aromatic carbocycles. The largest absolute Gasteiger partial charge is 0.450 e. The third-order valence-corrected chi connectivity index (χ3v) is 4.78. The molecule has 158 valence electrons. The second kappa shape index (κ2) is 13.1. The van der Waals surface area contributed by atoms with Crippen molar-refractivity contribution in [2.24, 2.45) is 4.99 Å². The van der Waals surface area contributed by atoms with E-state index in [9.17, 15) is 4.79 Å². The van der Waals surface area contributed by atoms with Gasteiger partial charge in [0.05, 0.1) is 12.7 Å². The van der Waals surface area contributed by atoms with E-state index in [1.807, 2.05) is 31.2 Å². The minimum Gasteiger partial charge on any atom is -0.450 e. The second-order valence-electron chi connectivity index (χ2n) is 6.34.